The van der Waals surface area contributed by atoms with Crippen LogP contribution in [0.3, 0.4) is 0 Å². The fourth-order valence-electron chi connectivity index (χ4n) is 1.72. The van der Waals surface area contributed by atoms with Gasteiger partial charge in [0.1, 0.15) is 5.82 Å². The van der Waals surface area contributed by atoms with Gasteiger partial charge in [-0.25, -0.2) is 4.98 Å². The fourth-order valence-corrected chi connectivity index (χ4v) is 2.23. The van der Waals surface area contributed by atoms with Crippen LogP contribution in [-0.2, 0) is 0 Å². The number of azo groups is 1. The van der Waals surface area contributed by atoms with Gasteiger partial charge < -0.3 is 9.47 Å². The van der Waals surface area contributed by atoms with E-state index >= 15 is 0 Å². The number of methoxy groups -OCH3 is 2. The number of benzene rings is 1. The summed E-state index contributed by atoms with van der Waals surface area (Å²) in [5.74, 6) is 0.956. The summed E-state index contributed by atoms with van der Waals surface area (Å²) in [5.41, 5.74) is 0.279. The van der Waals surface area contributed by atoms with E-state index in [-0.39, 0.29) is 5.56 Å². The normalized spacial score (nSPS) is 11.9. The largest absolute Gasteiger partial charge is 0.493 e. The second kappa shape index (κ2) is 7.42. The predicted molar refractivity (Wildman–Crippen MR) is 82.4 cm³/mol. The summed E-state index contributed by atoms with van der Waals surface area (Å²) in [5, 5.41) is 17.0. The summed E-state index contributed by atoms with van der Waals surface area (Å²) in [4.78, 5) is 16.4. The van der Waals surface area contributed by atoms with Crippen LogP contribution in [0.2, 0.25) is 0 Å². The molecule has 0 radical (unpaired) electrons. The van der Waals surface area contributed by atoms with E-state index in [1.165, 1.54) is 20.3 Å². The molecule has 0 saturated carbocycles. The molecule has 0 fully saturated rings. The Morgan fingerprint density at radius 1 is 1.35 bits per heavy atom. The molecular formula is C14H13N5O3S. The third kappa shape index (κ3) is 3.87. The van der Waals surface area contributed by atoms with Crippen LogP contribution in [0.15, 0.2) is 28.4 Å². The number of ketones is 1. The maximum atomic E-state index is 12.4. The van der Waals surface area contributed by atoms with Crippen molar-refractivity contribution in [2.75, 3.05) is 14.2 Å². The van der Waals surface area contributed by atoms with E-state index < -0.39 is 11.8 Å². The second-order valence-corrected chi connectivity index (χ2v) is 5.04. The third-order valence-corrected chi connectivity index (χ3v) is 3.51. The van der Waals surface area contributed by atoms with Crippen LogP contribution in [0.25, 0.3) is 0 Å². The van der Waals surface area contributed by atoms with E-state index in [0.717, 1.165) is 11.5 Å². The van der Waals surface area contributed by atoms with Gasteiger partial charge in [0.25, 0.3) is 0 Å². The van der Waals surface area contributed by atoms with Crippen molar-refractivity contribution in [1.29, 1.82) is 5.26 Å². The molecule has 8 nitrogen and oxygen atoms in total. The van der Waals surface area contributed by atoms with E-state index in [0.29, 0.717) is 22.5 Å². The number of carbonyl (C=O) groups is 1. The van der Waals surface area contributed by atoms with Crippen LogP contribution in [0, 0.1) is 18.3 Å². The number of aryl methyl sites for hydroxylation is 1. The van der Waals surface area contributed by atoms with Gasteiger partial charge in [0.2, 0.25) is 17.0 Å². The van der Waals surface area contributed by atoms with E-state index in [4.69, 9.17) is 14.7 Å². The highest BCUT2D eigenvalue weighted by Crippen LogP contribution is 2.28. The number of hydrogen-bond donors (Lipinski definition) is 0. The molecule has 1 unspecified atom stereocenters. The van der Waals surface area contributed by atoms with Crippen LogP contribution >= 0.6 is 11.5 Å². The molecule has 0 aliphatic heterocycles. The molecule has 0 aliphatic carbocycles. The van der Waals surface area contributed by atoms with Crippen molar-refractivity contribution in [3.63, 3.8) is 0 Å². The molecule has 0 bridgehead atoms. The average molecular weight is 331 g/mol. The first kappa shape index (κ1) is 16.5. The molecule has 9 heteroatoms. The molecule has 2 rings (SSSR count). The maximum absolute atomic E-state index is 12.4. The molecule has 1 heterocycles. The lowest BCUT2D eigenvalue weighted by molar-refractivity contribution is 0.0979. The molecule has 0 amide bonds. The van der Waals surface area contributed by atoms with Crippen molar-refractivity contribution in [3.8, 4) is 17.6 Å². The zero-order chi connectivity index (χ0) is 16.8. The number of nitriles is 1. The third-order valence-electron chi connectivity index (χ3n) is 2.81. The van der Waals surface area contributed by atoms with Gasteiger partial charge in [-0.2, -0.15) is 14.7 Å². The van der Waals surface area contributed by atoms with Crippen molar-refractivity contribution in [2.24, 2.45) is 10.2 Å². The van der Waals surface area contributed by atoms with Crippen LogP contribution < -0.4 is 9.47 Å². The summed E-state index contributed by atoms with van der Waals surface area (Å²) < 4.78 is 14.2. The van der Waals surface area contributed by atoms with E-state index in [1.807, 2.05) is 6.07 Å². The number of nitrogens with zero attached hydrogens (tertiary/aromatic N) is 5. The SMILES string of the molecule is COc1ccc(C(=O)C(C#N)N=Nc2nc(C)ns2)cc1OC. The molecule has 23 heavy (non-hydrogen) atoms. The molecule has 1 aromatic carbocycles. The highest BCUT2D eigenvalue weighted by molar-refractivity contribution is 7.09. The van der Waals surface area contributed by atoms with E-state index in [9.17, 15) is 4.79 Å². The summed E-state index contributed by atoms with van der Waals surface area (Å²) in [6.45, 7) is 1.71. The Morgan fingerprint density at radius 2 is 2.09 bits per heavy atom. The molecule has 0 spiro atoms. The number of ether oxygens (including phenoxy) is 2. The van der Waals surface area contributed by atoms with Crippen molar-refractivity contribution < 1.29 is 14.3 Å². The van der Waals surface area contributed by atoms with Gasteiger partial charge in [0, 0.05) is 17.1 Å². The van der Waals surface area contributed by atoms with Crippen LogP contribution in [0.4, 0.5) is 5.13 Å². The Morgan fingerprint density at radius 3 is 2.65 bits per heavy atom. The Hall–Kier alpha value is -2.86. The molecular weight excluding hydrogens is 318 g/mol. The standard InChI is InChI=1S/C14H13N5O3S/c1-8-16-14(23-19-8)18-17-10(7-15)13(20)9-4-5-11(21-2)12(6-9)22-3/h4-6,10H,1-3H3. The molecule has 1 atom stereocenters. The number of carbonyl (C=O) groups excluding carboxylic acids is 1. The molecule has 0 aliphatic rings. The summed E-state index contributed by atoms with van der Waals surface area (Å²) in [6, 6.07) is 5.18. The van der Waals surface area contributed by atoms with Gasteiger partial charge in [-0.15, -0.1) is 5.11 Å². The van der Waals surface area contributed by atoms with E-state index in [2.05, 4.69) is 19.6 Å². The van der Waals surface area contributed by atoms with Crippen molar-refractivity contribution in [2.45, 2.75) is 13.0 Å². The number of hydrogen-bond acceptors (Lipinski definition) is 9. The lowest BCUT2D eigenvalue weighted by atomic mass is 10.1. The summed E-state index contributed by atoms with van der Waals surface area (Å²) >= 11 is 1.04. The molecule has 118 valence electrons. The van der Waals surface area contributed by atoms with Gasteiger partial charge in [0.15, 0.2) is 11.5 Å². The van der Waals surface area contributed by atoms with Crippen LogP contribution in [0.5, 0.6) is 11.5 Å². The topological polar surface area (TPSA) is 110 Å². The zero-order valence-corrected chi connectivity index (χ0v) is 13.5. The maximum Gasteiger partial charge on any atom is 0.249 e. The van der Waals surface area contributed by atoms with Crippen LogP contribution in [0.1, 0.15) is 16.2 Å². The van der Waals surface area contributed by atoms with Gasteiger partial charge >= 0.3 is 0 Å². The molecule has 0 N–H and O–H groups in total. The highest BCUT2D eigenvalue weighted by Gasteiger charge is 2.21. The minimum Gasteiger partial charge on any atom is -0.493 e. The predicted octanol–water partition coefficient (Wildman–Crippen LogP) is 2.72. The van der Waals surface area contributed by atoms with Crippen molar-refractivity contribution in [3.05, 3.63) is 29.6 Å². The highest BCUT2D eigenvalue weighted by atomic mass is 32.1. The molecule has 0 saturated heterocycles. The van der Waals surface area contributed by atoms with Crippen molar-refractivity contribution in [1.82, 2.24) is 9.36 Å². The fraction of sp³-hybridized carbons (Fsp3) is 0.286. The number of aromatic nitrogens is 2. The number of rotatable bonds is 6. The Bertz CT molecular complexity index is 781. The smallest absolute Gasteiger partial charge is 0.249 e. The Balaban J connectivity index is 2.23. The lowest BCUT2D eigenvalue weighted by Crippen LogP contribution is -2.16. The van der Waals surface area contributed by atoms with E-state index in [1.54, 1.807) is 19.1 Å². The average Bonchev–Trinajstić information content (AvgIpc) is 2.99. The summed E-state index contributed by atoms with van der Waals surface area (Å²) in [7, 11) is 2.96. The minimum absolute atomic E-state index is 0.279. The van der Waals surface area contributed by atoms with Gasteiger partial charge in [-0.3, -0.25) is 4.79 Å². The summed E-state index contributed by atoms with van der Waals surface area (Å²) in [6.07, 6.45) is 0. The van der Waals surface area contributed by atoms with Crippen LogP contribution in [-0.4, -0.2) is 35.4 Å². The second-order valence-electron chi connectivity index (χ2n) is 4.31. The first-order chi connectivity index (χ1) is 11.1. The minimum atomic E-state index is -1.27. The van der Waals surface area contributed by atoms with Gasteiger partial charge in [-0.1, -0.05) is 0 Å². The van der Waals surface area contributed by atoms with Gasteiger partial charge in [0.05, 0.1) is 20.3 Å². The zero-order valence-electron chi connectivity index (χ0n) is 12.7. The number of Topliss-reactive ketones (excluding diaryl/α,β-unsaturated/α-hetero) is 1. The monoisotopic (exact) mass is 331 g/mol. The van der Waals surface area contributed by atoms with Crippen molar-refractivity contribution >= 4 is 22.4 Å². The lowest BCUT2D eigenvalue weighted by Gasteiger charge is -2.09. The first-order valence-electron chi connectivity index (χ1n) is 6.46. The molecule has 1 aromatic heterocycles. The Kier molecular flexibility index (Phi) is 5.32. The van der Waals surface area contributed by atoms with Gasteiger partial charge in [-0.05, 0) is 25.1 Å². The Labute approximate surface area is 136 Å². The molecule has 2 aromatic rings. The quantitative estimate of drug-likeness (QED) is 0.594. The first-order valence-corrected chi connectivity index (χ1v) is 7.23.